The molecule has 0 spiro atoms. The molecule has 2 saturated heterocycles. The number of rotatable bonds is 4. The number of fused-ring (bicyclic) bond motifs is 1. The van der Waals surface area contributed by atoms with E-state index in [-0.39, 0.29) is 12.0 Å². The first kappa shape index (κ1) is 17.2. The van der Waals surface area contributed by atoms with E-state index in [1.807, 2.05) is 60.0 Å². The number of hydrogen-bond acceptors (Lipinski definition) is 4. The summed E-state index contributed by atoms with van der Waals surface area (Å²) in [6.45, 7) is 5.99. The number of hydrogen-bond donors (Lipinski definition) is 0. The number of ether oxygens (including phenoxy) is 1. The Hall–Kier alpha value is -2.18. The molecule has 0 saturated carbocycles. The number of aromatic nitrogens is 2. The van der Waals surface area contributed by atoms with Crippen molar-refractivity contribution < 1.29 is 9.53 Å². The fraction of sp³-hybridized carbons (Fsp3) is 0.500. The molecule has 1 amide bonds. The van der Waals surface area contributed by atoms with Crippen LogP contribution >= 0.6 is 0 Å². The zero-order valence-corrected chi connectivity index (χ0v) is 15.5. The van der Waals surface area contributed by atoms with Crippen LogP contribution in [-0.2, 0) is 18.4 Å². The molecule has 2 atom stereocenters. The van der Waals surface area contributed by atoms with Crippen molar-refractivity contribution in [1.82, 2.24) is 19.4 Å². The predicted molar refractivity (Wildman–Crippen MR) is 98.8 cm³/mol. The van der Waals surface area contributed by atoms with Crippen molar-refractivity contribution in [2.45, 2.75) is 32.1 Å². The highest BCUT2D eigenvalue weighted by molar-refractivity contribution is 5.92. The number of aryl methyl sites for hydroxylation is 2. The minimum absolute atomic E-state index is 0.130. The molecule has 0 unspecified atom stereocenters. The van der Waals surface area contributed by atoms with Gasteiger partial charge in [-0.25, -0.2) is 0 Å². The number of nitrogens with zero attached hydrogens (tertiary/aromatic N) is 4. The van der Waals surface area contributed by atoms with Gasteiger partial charge >= 0.3 is 0 Å². The van der Waals surface area contributed by atoms with Crippen molar-refractivity contribution in [2.24, 2.45) is 7.05 Å². The monoisotopic (exact) mass is 354 g/mol. The summed E-state index contributed by atoms with van der Waals surface area (Å²) in [5, 5.41) is 0. The number of amides is 1. The molecule has 2 aromatic heterocycles. The van der Waals surface area contributed by atoms with Gasteiger partial charge in [0.1, 0.15) is 5.69 Å². The SMILES string of the molecule is Cc1cccc(CO[C@@H]2C[C@H]3CN(C(=O)c4cccn4C)CCN3C2)n1. The number of piperazine rings is 1. The van der Waals surface area contributed by atoms with Gasteiger partial charge in [-0.2, -0.15) is 0 Å². The van der Waals surface area contributed by atoms with Crippen molar-refractivity contribution in [2.75, 3.05) is 26.2 Å². The molecular weight excluding hydrogens is 328 g/mol. The van der Waals surface area contributed by atoms with Gasteiger partial charge in [0.2, 0.25) is 0 Å². The minimum Gasteiger partial charge on any atom is -0.371 e. The van der Waals surface area contributed by atoms with E-state index in [0.717, 1.165) is 49.7 Å². The highest BCUT2D eigenvalue weighted by atomic mass is 16.5. The number of pyridine rings is 1. The summed E-state index contributed by atoms with van der Waals surface area (Å²) in [4.78, 5) is 21.7. The molecule has 2 aliphatic heterocycles. The van der Waals surface area contributed by atoms with Crippen LogP contribution in [0.5, 0.6) is 0 Å². The summed E-state index contributed by atoms with van der Waals surface area (Å²) < 4.78 is 8.00. The molecule has 0 bridgehead atoms. The maximum absolute atomic E-state index is 12.7. The first-order chi connectivity index (χ1) is 12.6. The topological polar surface area (TPSA) is 50.6 Å². The largest absolute Gasteiger partial charge is 0.371 e. The Morgan fingerprint density at radius 3 is 2.88 bits per heavy atom. The van der Waals surface area contributed by atoms with Crippen molar-refractivity contribution in [3.63, 3.8) is 0 Å². The summed E-state index contributed by atoms with van der Waals surface area (Å²) in [5.41, 5.74) is 2.76. The Labute approximate surface area is 154 Å². The molecule has 2 fully saturated rings. The number of carbonyl (C=O) groups is 1. The van der Waals surface area contributed by atoms with E-state index in [4.69, 9.17) is 4.74 Å². The third kappa shape index (κ3) is 3.52. The predicted octanol–water partition coefficient (Wildman–Crippen LogP) is 1.84. The van der Waals surface area contributed by atoms with Gasteiger partial charge in [0.15, 0.2) is 0 Å². The van der Waals surface area contributed by atoms with Gasteiger partial charge in [-0.15, -0.1) is 0 Å². The van der Waals surface area contributed by atoms with E-state index in [9.17, 15) is 4.79 Å². The normalized spacial score (nSPS) is 23.2. The zero-order valence-electron chi connectivity index (χ0n) is 15.5. The third-order valence-corrected chi connectivity index (χ3v) is 5.44. The van der Waals surface area contributed by atoms with Gasteiger partial charge in [-0.05, 0) is 37.6 Å². The van der Waals surface area contributed by atoms with Crippen LogP contribution in [0.15, 0.2) is 36.5 Å². The van der Waals surface area contributed by atoms with Crippen molar-refractivity contribution in [3.8, 4) is 0 Å². The van der Waals surface area contributed by atoms with Crippen LogP contribution < -0.4 is 0 Å². The summed E-state index contributed by atoms with van der Waals surface area (Å²) in [7, 11) is 1.92. The number of carbonyl (C=O) groups excluding carboxylic acids is 1. The van der Waals surface area contributed by atoms with E-state index in [2.05, 4.69) is 9.88 Å². The van der Waals surface area contributed by atoms with Gasteiger partial charge in [-0.1, -0.05) is 6.07 Å². The summed E-state index contributed by atoms with van der Waals surface area (Å²) >= 11 is 0. The third-order valence-electron chi connectivity index (χ3n) is 5.44. The van der Waals surface area contributed by atoms with Crippen LogP contribution in [0.1, 0.15) is 28.3 Å². The van der Waals surface area contributed by atoms with Gasteiger partial charge in [0, 0.05) is 51.2 Å². The van der Waals surface area contributed by atoms with Crippen molar-refractivity contribution >= 4 is 5.91 Å². The molecule has 0 radical (unpaired) electrons. The summed E-state index contributed by atoms with van der Waals surface area (Å²) in [5.74, 6) is 0.130. The first-order valence-corrected chi connectivity index (χ1v) is 9.29. The second-order valence-electron chi connectivity index (χ2n) is 7.34. The lowest BCUT2D eigenvalue weighted by Crippen LogP contribution is -2.52. The van der Waals surface area contributed by atoms with Crippen molar-refractivity contribution in [1.29, 1.82) is 0 Å². The lowest BCUT2D eigenvalue weighted by molar-refractivity contribution is 0.0433. The molecular formula is C20H26N4O2. The highest BCUT2D eigenvalue weighted by Gasteiger charge is 2.38. The van der Waals surface area contributed by atoms with Gasteiger partial charge in [0.25, 0.3) is 5.91 Å². The molecule has 0 aromatic carbocycles. The second-order valence-corrected chi connectivity index (χ2v) is 7.34. The molecule has 6 heteroatoms. The van der Waals surface area contributed by atoms with Crippen LogP contribution in [0, 0.1) is 6.92 Å². The van der Waals surface area contributed by atoms with E-state index >= 15 is 0 Å². The lowest BCUT2D eigenvalue weighted by atomic mass is 10.1. The Kier molecular flexibility index (Phi) is 4.78. The fourth-order valence-electron chi connectivity index (χ4n) is 4.03. The van der Waals surface area contributed by atoms with Crippen molar-refractivity contribution in [3.05, 3.63) is 53.6 Å². The highest BCUT2D eigenvalue weighted by Crippen LogP contribution is 2.25. The van der Waals surface area contributed by atoms with Gasteiger partial charge in [0.05, 0.1) is 18.4 Å². The molecule has 26 heavy (non-hydrogen) atoms. The Bertz CT molecular complexity index is 788. The van der Waals surface area contributed by atoms with E-state index in [0.29, 0.717) is 12.6 Å². The second kappa shape index (κ2) is 7.21. The molecule has 0 N–H and O–H groups in total. The van der Waals surface area contributed by atoms with E-state index < -0.39 is 0 Å². The molecule has 4 rings (SSSR count). The standard InChI is InChI=1S/C20H26N4O2/c1-15-5-3-6-16(21-15)14-26-18-11-17-12-24(10-9-23(17)13-18)20(25)19-7-4-8-22(19)2/h3-8,17-18H,9-14H2,1-2H3/t17-,18+/m0/s1. The van der Waals surface area contributed by atoms with Crippen LogP contribution in [0.4, 0.5) is 0 Å². The quantitative estimate of drug-likeness (QED) is 0.841. The minimum atomic E-state index is 0.130. The summed E-state index contributed by atoms with van der Waals surface area (Å²) in [6.07, 6.45) is 3.11. The maximum atomic E-state index is 12.7. The average molecular weight is 354 g/mol. The van der Waals surface area contributed by atoms with Crippen LogP contribution in [0.3, 0.4) is 0 Å². The Balaban J connectivity index is 1.33. The van der Waals surface area contributed by atoms with Crippen LogP contribution in [0.2, 0.25) is 0 Å². The average Bonchev–Trinajstić information content (AvgIpc) is 3.24. The van der Waals surface area contributed by atoms with Gasteiger partial charge in [-0.3, -0.25) is 14.7 Å². The Morgan fingerprint density at radius 2 is 2.12 bits per heavy atom. The molecule has 2 aliphatic rings. The molecule has 4 heterocycles. The molecule has 138 valence electrons. The van der Waals surface area contributed by atoms with E-state index in [1.165, 1.54) is 0 Å². The lowest BCUT2D eigenvalue weighted by Gasteiger charge is -2.37. The van der Waals surface area contributed by atoms with Crippen LogP contribution in [0.25, 0.3) is 0 Å². The van der Waals surface area contributed by atoms with Crippen LogP contribution in [-0.4, -0.2) is 63.6 Å². The molecule has 6 nitrogen and oxygen atoms in total. The zero-order chi connectivity index (χ0) is 18.1. The van der Waals surface area contributed by atoms with Gasteiger partial charge < -0.3 is 14.2 Å². The Morgan fingerprint density at radius 1 is 1.23 bits per heavy atom. The maximum Gasteiger partial charge on any atom is 0.270 e. The molecule has 2 aromatic rings. The molecule has 0 aliphatic carbocycles. The van der Waals surface area contributed by atoms with E-state index in [1.54, 1.807) is 0 Å². The first-order valence-electron chi connectivity index (χ1n) is 9.29. The summed E-state index contributed by atoms with van der Waals surface area (Å²) in [6, 6.07) is 10.2. The smallest absolute Gasteiger partial charge is 0.270 e. The fourth-order valence-corrected chi connectivity index (χ4v) is 4.03.